The second-order valence-electron chi connectivity index (χ2n) is 7.29. The third kappa shape index (κ3) is 4.78. The van der Waals surface area contributed by atoms with Gasteiger partial charge < -0.3 is 15.5 Å². The standard InChI is InChI=1S/C23H24ClN5O/c1-2-19-15-29(14-13-25-19)22(30)17-5-9-20(10-6-17)27-23-26-12-11-21(28-23)16-3-7-18(24)8-4-16/h3-12,19,25H,2,13-15H2,1H3,(H,26,27,28)/t19-/m0/s1. The van der Waals surface area contributed by atoms with Gasteiger partial charge in [0.25, 0.3) is 5.91 Å². The summed E-state index contributed by atoms with van der Waals surface area (Å²) in [5, 5.41) is 7.33. The van der Waals surface area contributed by atoms with Crippen molar-refractivity contribution < 1.29 is 4.79 Å². The SMILES string of the molecule is CC[C@H]1CN(C(=O)c2ccc(Nc3nccc(-c4ccc(Cl)cc4)n3)cc2)CCN1. The number of rotatable bonds is 5. The molecule has 1 aliphatic rings. The largest absolute Gasteiger partial charge is 0.336 e. The van der Waals surface area contributed by atoms with Gasteiger partial charge in [0.2, 0.25) is 5.95 Å². The average molecular weight is 422 g/mol. The van der Waals surface area contributed by atoms with Gasteiger partial charge >= 0.3 is 0 Å². The number of anilines is 2. The number of nitrogens with zero attached hydrogens (tertiary/aromatic N) is 3. The predicted molar refractivity (Wildman–Crippen MR) is 120 cm³/mol. The minimum absolute atomic E-state index is 0.0717. The number of hydrogen-bond acceptors (Lipinski definition) is 5. The molecule has 0 aliphatic carbocycles. The highest BCUT2D eigenvalue weighted by Crippen LogP contribution is 2.22. The summed E-state index contributed by atoms with van der Waals surface area (Å²) < 4.78 is 0. The number of amides is 1. The number of nitrogens with one attached hydrogen (secondary N) is 2. The van der Waals surface area contributed by atoms with E-state index >= 15 is 0 Å². The summed E-state index contributed by atoms with van der Waals surface area (Å²) in [6.07, 6.45) is 2.73. The van der Waals surface area contributed by atoms with E-state index in [1.54, 1.807) is 6.20 Å². The topological polar surface area (TPSA) is 70.2 Å². The van der Waals surface area contributed by atoms with Gasteiger partial charge in [0.1, 0.15) is 0 Å². The van der Waals surface area contributed by atoms with Crippen molar-refractivity contribution in [2.24, 2.45) is 0 Å². The summed E-state index contributed by atoms with van der Waals surface area (Å²) in [5.41, 5.74) is 3.28. The van der Waals surface area contributed by atoms with E-state index < -0.39 is 0 Å². The van der Waals surface area contributed by atoms with Crippen LogP contribution in [0.4, 0.5) is 11.6 Å². The molecule has 1 atom stereocenters. The molecule has 2 N–H and O–H groups in total. The normalized spacial score (nSPS) is 16.3. The number of hydrogen-bond donors (Lipinski definition) is 2. The molecule has 1 amide bonds. The highest BCUT2D eigenvalue weighted by molar-refractivity contribution is 6.30. The summed E-state index contributed by atoms with van der Waals surface area (Å²) >= 11 is 5.96. The monoisotopic (exact) mass is 421 g/mol. The zero-order valence-corrected chi connectivity index (χ0v) is 17.6. The molecule has 0 radical (unpaired) electrons. The molecular weight excluding hydrogens is 398 g/mol. The number of halogens is 1. The van der Waals surface area contributed by atoms with E-state index in [2.05, 4.69) is 27.5 Å². The van der Waals surface area contributed by atoms with E-state index in [1.165, 1.54) is 0 Å². The first-order valence-electron chi connectivity index (χ1n) is 10.1. The Hall–Kier alpha value is -2.96. The number of carbonyl (C=O) groups is 1. The van der Waals surface area contributed by atoms with Crippen molar-refractivity contribution in [2.45, 2.75) is 19.4 Å². The highest BCUT2D eigenvalue weighted by atomic mass is 35.5. The zero-order chi connectivity index (χ0) is 20.9. The number of piperazine rings is 1. The summed E-state index contributed by atoms with van der Waals surface area (Å²) in [6.45, 7) is 4.46. The van der Waals surface area contributed by atoms with Crippen LogP contribution in [0.15, 0.2) is 60.8 Å². The van der Waals surface area contributed by atoms with E-state index in [0.29, 0.717) is 22.6 Å². The lowest BCUT2D eigenvalue weighted by molar-refractivity contribution is 0.0701. The molecule has 7 heteroatoms. The van der Waals surface area contributed by atoms with E-state index in [4.69, 9.17) is 11.6 Å². The van der Waals surface area contributed by atoms with Crippen LogP contribution in [0.3, 0.4) is 0 Å². The third-order valence-electron chi connectivity index (χ3n) is 5.22. The van der Waals surface area contributed by atoms with Crippen LogP contribution in [-0.2, 0) is 0 Å². The van der Waals surface area contributed by atoms with Crippen LogP contribution in [0.25, 0.3) is 11.3 Å². The molecule has 1 aliphatic heterocycles. The van der Waals surface area contributed by atoms with Gasteiger partial charge in [-0.3, -0.25) is 4.79 Å². The lowest BCUT2D eigenvalue weighted by atomic mass is 10.1. The Kier molecular flexibility index (Phi) is 6.26. The van der Waals surface area contributed by atoms with E-state index in [1.807, 2.05) is 59.5 Å². The van der Waals surface area contributed by atoms with Crippen molar-refractivity contribution >= 4 is 29.1 Å². The van der Waals surface area contributed by atoms with Gasteiger partial charge in [-0.15, -0.1) is 0 Å². The fourth-order valence-electron chi connectivity index (χ4n) is 3.49. The summed E-state index contributed by atoms with van der Waals surface area (Å²) in [4.78, 5) is 23.6. The molecule has 30 heavy (non-hydrogen) atoms. The minimum atomic E-state index is 0.0717. The molecule has 154 valence electrons. The van der Waals surface area contributed by atoms with Crippen molar-refractivity contribution in [3.05, 3.63) is 71.4 Å². The molecule has 0 bridgehead atoms. The summed E-state index contributed by atoms with van der Waals surface area (Å²) in [7, 11) is 0. The number of aromatic nitrogens is 2. The van der Waals surface area contributed by atoms with Crippen LogP contribution in [-0.4, -0.2) is 46.5 Å². The van der Waals surface area contributed by atoms with Gasteiger partial charge in [-0.25, -0.2) is 9.97 Å². The molecule has 1 fully saturated rings. The van der Waals surface area contributed by atoms with Crippen LogP contribution >= 0.6 is 11.6 Å². The number of benzene rings is 2. The van der Waals surface area contributed by atoms with Gasteiger partial charge in [0, 0.05) is 53.7 Å². The Balaban J connectivity index is 1.44. The Bertz CT molecular complexity index is 1010. The Morgan fingerprint density at radius 1 is 1.17 bits per heavy atom. The Morgan fingerprint density at radius 2 is 1.93 bits per heavy atom. The number of carbonyl (C=O) groups excluding carboxylic acids is 1. The Labute approximate surface area is 181 Å². The maximum atomic E-state index is 12.8. The first kappa shape index (κ1) is 20.3. The minimum Gasteiger partial charge on any atom is -0.336 e. The maximum absolute atomic E-state index is 12.8. The van der Waals surface area contributed by atoms with E-state index in [-0.39, 0.29) is 5.91 Å². The third-order valence-corrected chi connectivity index (χ3v) is 5.47. The quantitative estimate of drug-likeness (QED) is 0.640. The van der Waals surface area contributed by atoms with Crippen LogP contribution in [0.2, 0.25) is 5.02 Å². The van der Waals surface area contributed by atoms with E-state index in [0.717, 1.165) is 43.0 Å². The fraction of sp³-hybridized carbons (Fsp3) is 0.261. The molecule has 0 unspecified atom stereocenters. The second-order valence-corrected chi connectivity index (χ2v) is 7.72. The lowest BCUT2D eigenvalue weighted by Gasteiger charge is -2.33. The summed E-state index contributed by atoms with van der Waals surface area (Å²) in [6, 6.07) is 17.2. The second kappa shape index (κ2) is 9.24. The van der Waals surface area contributed by atoms with Crippen molar-refractivity contribution in [1.82, 2.24) is 20.2 Å². The smallest absolute Gasteiger partial charge is 0.253 e. The molecule has 6 nitrogen and oxygen atoms in total. The average Bonchev–Trinajstić information content (AvgIpc) is 2.80. The molecule has 1 aromatic heterocycles. The first-order valence-corrected chi connectivity index (χ1v) is 10.5. The fourth-order valence-corrected chi connectivity index (χ4v) is 3.62. The maximum Gasteiger partial charge on any atom is 0.253 e. The van der Waals surface area contributed by atoms with Gasteiger partial charge in [-0.1, -0.05) is 30.7 Å². The van der Waals surface area contributed by atoms with Crippen molar-refractivity contribution in [3.8, 4) is 11.3 Å². The zero-order valence-electron chi connectivity index (χ0n) is 16.8. The molecule has 1 saturated heterocycles. The van der Waals surface area contributed by atoms with Crippen molar-refractivity contribution in [1.29, 1.82) is 0 Å². The van der Waals surface area contributed by atoms with Gasteiger partial charge in [0.05, 0.1) is 5.69 Å². The first-order chi connectivity index (χ1) is 14.6. The molecule has 3 aromatic rings. The van der Waals surface area contributed by atoms with Gasteiger partial charge in [-0.05, 0) is 48.9 Å². The molecule has 0 saturated carbocycles. The lowest BCUT2D eigenvalue weighted by Crippen LogP contribution is -2.52. The molecule has 2 aromatic carbocycles. The summed E-state index contributed by atoms with van der Waals surface area (Å²) in [5.74, 6) is 0.567. The van der Waals surface area contributed by atoms with Crippen LogP contribution in [0.1, 0.15) is 23.7 Å². The van der Waals surface area contributed by atoms with E-state index in [9.17, 15) is 4.79 Å². The highest BCUT2D eigenvalue weighted by Gasteiger charge is 2.22. The van der Waals surface area contributed by atoms with Crippen LogP contribution in [0.5, 0.6) is 0 Å². The van der Waals surface area contributed by atoms with Crippen LogP contribution < -0.4 is 10.6 Å². The van der Waals surface area contributed by atoms with Crippen LogP contribution in [0, 0.1) is 0 Å². The molecule has 2 heterocycles. The van der Waals surface area contributed by atoms with Crippen molar-refractivity contribution in [3.63, 3.8) is 0 Å². The molecular formula is C23H24ClN5O. The Morgan fingerprint density at radius 3 is 2.67 bits per heavy atom. The molecule has 4 rings (SSSR count). The van der Waals surface area contributed by atoms with Crippen molar-refractivity contribution in [2.75, 3.05) is 25.0 Å². The van der Waals surface area contributed by atoms with Gasteiger partial charge in [0.15, 0.2) is 0 Å². The van der Waals surface area contributed by atoms with Gasteiger partial charge in [-0.2, -0.15) is 0 Å². The predicted octanol–water partition coefficient (Wildman–Crippen LogP) is 4.36. The molecule has 0 spiro atoms.